The fourth-order valence-corrected chi connectivity index (χ4v) is 2.19. The monoisotopic (exact) mass is 273 g/mol. The largest absolute Gasteiger partial charge is 0.379 e. The van der Waals surface area contributed by atoms with Crippen molar-refractivity contribution in [1.82, 2.24) is 0 Å². The number of carbonyl (C=O) groups excluding carboxylic acids is 1. The maximum absolute atomic E-state index is 12.4. The molecule has 1 aromatic rings. The summed E-state index contributed by atoms with van der Waals surface area (Å²) in [4.78, 5) is 12.4. The number of ketones is 1. The molecule has 0 spiro atoms. The summed E-state index contributed by atoms with van der Waals surface area (Å²) < 4.78 is 5.26. The first-order valence-corrected chi connectivity index (χ1v) is 6.04. The Morgan fingerprint density at radius 1 is 1.47 bits per heavy atom. The zero-order valence-electron chi connectivity index (χ0n) is 9.37. The van der Waals surface area contributed by atoms with Gasteiger partial charge in [0.15, 0.2) is 5.78 Å². The van der Waals surface area contributed by atoms with Crippen LogP contribution in [0.1, 0.15) is 17.3 Å². The first-order chi connectivity index (χ1) is 7.95. The van der Waals surface area contributed by atoms with Crippen LogP contribution in [0.5, 0.6) is 0 Å². The van der Waals surface area contributed by atoms with Gasteiger partial charge in [0.05, 0.1) is 28.7 Å². The normalized spacial score (nSPS) is 28.4. The van der Waals surface area contributed by atoms with E-state index >= 15 is 0 Å². The van der Waals surface area contributed by atoms with Crippen LogP contribution in [0.2, 0.25) is 10.0 Å². The highest BCUT2D eigenvalue weighted by Crippen LogP contribution is 2.33. The summed E-state index contributed by atoms with van der Waals surface area (Å²) in [5, 5.41) is 0.800. The van der Waals surface area contributed by atoms with Gasteiger partial charge >= 0.3 is 0 Å². The number of benzene rings is 1. The average Bonchev–Trinajstić information content (AvgIpc) is 2.63. The van der Waals surface area contributed by atoms with Gasteiger partial charge in [-0.1, -0.05) is 23.2 Å². The quantitative estimate of drug-likeness (QED) is 0.843. The molecule has 1 aromatic carbocycles. The van der Waals surface area contributed by atoms with Crippen LogP contribution in [0.25, 0.3) is 0 Å². The molecule has 1 heterocycles. The van der Waals surface area contributed by atoms with E-state index in [1.165, 1.54) is 0 Å². The molecule has 1 saturated heterocycles. The molecule has 0 saturated carbocycles. The highest BCUT2D eigenvalue weighted by Gasteiger charge is 2.44. The number of hydrogen-bond donors (Lipinski definition) is 1. The number of hydrogen-bond acceptors (Lipinski definition) is 3. The van der Waals surface area contributed by atoms with Crippen LogP contribution in [0.3, 0.4) is 0 Å². The number of rotatable bonds is 2. The Kier molecular flexibility index (Phi) is 3.46. The van der Waals surface area contributed by atoms with Gasteiger partial charge in [-0.15, -0.1) is 0 Å². The summed E-state index contributed by atoms with van der Waals surface area (Å²) in [7, 11) is 0. The van der Waals surface area contributed by atoms with Gasteiger partial charge in [-0.2, -0.15) is 0 Å². The van der Waals surface area contributed by atoms with Crippen molar-refractivity contribution in [1.29, 1.82) is 0 Å². The summed E-state index contributed by atoms with van der Waals surface area (Å²) >= 11 is 11.7. The van der Waals surface area contributed by atoms with Crippen molar-refractivity contribution in [2.75, 3.05) is 13.2 Å². The predicted octanol–water partition coefficient (Wildman–Crippen LogP) is 2.54. The van der Waals surface area contributed by atoms with Crippen molar-refractivity contribution in [3.05, 3.63) is 33.8 Å². The molecule has 2 atom stereocenters. The average molecular weight is 274 g/mol. The van der Waals surface area contributed by atoms with Crippen molar-refractivity contribution >= 4 is 29.0 Å². The SMILES string of the molecule is CC1(C(=O)c2ccc(Cl)c(Cl)c2)COCC1N. The summed E-state index contributed by atoms with van der Waals surface area (Å²) in [5.41, 5.74) is 5.75. The number of halogens is 2. The maximum Gasteiger partial charge on any atom is 0.172 e. The molecule has 1 aliphatic heterocycles. The molecule has 0 amide bonds. The van der Waals surface area contributed by atoms with Crippen LogP contribution in [0.4, 0.5) is 0 Å². The predicted molar refractivity (Wildman–Crippen MR) is 67.7 cm³/mol. The van der Waals surface area contributed by atoms with Gasteiger partial charge in [-0.3, -0.25) is 4.79 Å². The summed E-state index contributed by atoms with van der Waals surface area (Å²) in [5.74, 6) is -0.0546. The molecule has 2 N–H and O–H groups in total. The molecule has 92 valence electrons. The van der Waals surface area contributed by atoms with E-state index in [2.05, 4.69) is 0 Å². The van der Waals surface area contributed by atoms with Gasteiger partial charge in [0.25, 0.3) is 0 Å². The Hall–Kier alpha value is -0.610. The third kappa shape index (κ3) is 2.20. The van der Waals surface area contributed by atoms with Crippen molar-refractivity contribution < 1.29 is 9.53 Å². The van der Waals surface area contributed by atoms with E-state index in [0.717, 1.165) is 0 Å². The second kappa shape index (κ2) is 4.58. The van der Waals surface area contributed by atoms with Crippen molar-refractivity contribution in [3.63, 3.8) is 0 Å². The van der Waals surface area contributed by atoms with Crippen LogP contribution in [0.15, 0.2) is 18.2 Å². The van der Waals surface area contributed by atoms with E-state index in [1.807, 2.05) is 6.92 Å². The topological polar surface area (TPSA) is 52.3 Å². The Morgan fingerprint density at radius 3 is 2.71 bits per heavy atom. The molecule has 17 heavy (non-hydrogen) atoms. The lowest BCUT2D eigenvalue weighted by atomic mass is 9.78. The Balaban J connectivity index is 2.34. The van der Waals surface area contributed by atoms with Crippen LogP contribution < -0.4 is 5.73 Å². The maximum atomic E-state index is 12.4. The zero-order valence-corrected chi connectivity index (χ0v) is 10.9. The van der Waals surface area contributed by atoms with Gasteiger partial charge in [-0.05, 0) is 25.1 Å². The molecule has 0 aromatic heterocycles. The Bertz CT molecular complexity index is 464. The van der Waals surface area contributed by atoms with Crippen molar-refractivity contribution in [3.8, 4) is 0 Å². The molecule has 2 rings (SSSR count). The van der Waals surface area contributed by atoms with Crippen LogP contribution in [-0.2, 0) is 4.74 Å². The first-order valence-electron chi connectivity index (χ1n) is 5.28. The number of ether oxygens (including phenoxy) is 1. The van der Waals surface area contributed by atoms with Gasteiger partial charge in [0, 0.05) is 11.6 Å². The van der Waals surface area contributed by atoms with E-state index in [0.29, 0.717) is 28.8 Å². The molecule has 5 heteroatoms. The molecule has 0 aliphatic carbocycles. The van der Waals surface area contributed by atoms with Gasteiger partial charge in [0.2, 0.25) is 0 Å². The van der Waals surface area contributed by atoms with Crippen molar-refractivity contribution in [2.45, 2.75) is 13.0 Å². The van der Waals surface area contributed by atoms with E-state index < -0.39 is 5.41 Å². The summed E-state index contributed by atoms with van der Waals surface area (Å²) in [6, 6.07) is 4.56. The van der Waals surface area contributed by atoms with Crippen LogP contribution in [-0.4, -0.2) is 25.0 Å². The Labute approximate surface area is 110 Å². The summed E-state index contributed by atoms with van der Waals surface area (Å²) in [6.45, 7) is 2.56. The third-order valence-electron chi connectivity index (χ3n) is 3.22. The molecule has 1 fully saturated rings. The third-order valence-corrected chi connectivity index (χ3v) is 3.96. The van der Waals surface area contributed by atoms with Gasteiger partial charge in [-0.25, -0.2) is 0 Å². The van der Waals surface area contributed by atoms with E-state index in [1.54, 1.807) is 18.2 Å². The molecular formula is C12H13Cl2NO2. The minimum Gasteiger partial charge on any atom is -0.379 e. The standard InChI is InChI=1S/C12H13Cl2NO2/c1-12(6-17-5-10(12)15)11(16)7-2-3-8(13)9(14)4-7/h2-4,10H,5-6,15H2,1H3. The number of carbonyl (C=O) groups is 1. The second-order valence-electron chi connectivity index (χ2n) is 4.50. The van der Waals surface area contributed by atoms with E-state index in [9.17, 15) is 4.79 Å². The Morgan fingerprint density at radius 2 is 2.18 bits per heavy atom. The lowest BCUT2D eigenvalue weighted by molar-refractivity contribution is 0.0768. The number of Topliss-reactive ketones (excluding diaryl/α,β-unsaturated/α-hetero) is 1. The molecule has 3 nitrogen and oxygen atoms in total. The highest BCUT2D eigenvalue weighted by molar-refractivity contribution is 6.42. The van der Waals surface area contributed by atoms with Crippen LogP contribution in [0, 0.1) is 5.41 Å². The highest BCUT2D eigenvalue weighted by atomic mass is 35.5. The van der Waals surface area contributed by atoms with Gasteiger partial charge < -0.3 is 10.5 Å². The molecule has 1 aliphatic rings. The lowest BCUT2D eigenvalue weighted by Crippen LogP contribution is -2.44. The zero-order chi connectivity index (χ0) is 12.6. The minimum absolute atomic E-state index is 0.0546. The van der Waals surface area contributed by atoms with E-state index in [-0.39, 0.29) is 11.8 Å². The van der Waals surface area contributed by atoms with E-state index in [4.69, 9.17) is 33.7 Å². The number of nitrogens with two attached hydrogens (primary N) is 1. The minimum atomic E-state index is -0.683. The van der Waals surface area contributed by atoms with Crippen molar-refractivity contribution in [2.24, 2.45) is 11.1 Å². The second-order valence-corrected chi connectivity index (χ2v) is 5.31. The molecule has 0 bridgehead atoms. The molecule has 2 unspecified atom stereocenters. The fraction of sp³-hybridized carbons (Fsp3) is 0.417. The van der Waals surface area contributed by atoms with Gasteiger partial charge in [0.1, 0.15) is 0 Å². The first kappa shape index (κ1) is 12.8. The molecular weight excluding hydrogens is 261 g/mol. The lowest BCUT2D eigenvalue weighted by Gasteiger charge is -2.25. The smallest absolute Gasteiger partial charge is 0.172 e. The van der Waals surface area contributed by atoms with Crippen LogP contribution >= 0.6 is 23.2 Å². The molecule has 0 radical (unpaired) electrons. The summed E-state index contributed by atoms with van der Waals surface area (Å²) in [6.07, 6.45) is 0. The fourth-order valence-electron chi connectivity index (χ4n) is 1.89.